The second-order valence-corrected chi connectivity index (χ2v) is 17.6. The zero-order valence-corrected chi connectivity index (χ0v) is 27.7. The smallest absolute Gasteiger partial charge is 0.0622 e. The van der Waals surface area contributed by atoms with E-state index >= 15 is 0 Å². The Labute approximate surface area is 277 Å². The molecule has 0 aliphatic carbocycles. The minimum atomic E-state index is -2.01. The van der Waals surface area contributed by atoms with Gasteiger partial charge in [0, 0.05) is 0 Å². The number of rotatable bonds is 4. The summed E-state index contributed by atoms with van der Waals surface area (Å²) in [7, 11) is -2.01. The number of fused-ring (bicyclic) bond motifs is 5. The standard InChI is InChI=1S/C46H34Si/c1-47(2)43-28-36(32-17-9-4-10-18-32)23-25-37(43)39-29-41-42(30-44(39)47)46(34-21-13-6-14-22-34)40-27-35(31-15-7-3-8-16-31)24-26-38(40)45(41)33-19-11-5-12-20-33/h3-30H,1-2H3. The van der Waals surface area contributed by atoms with E-state index in [0.29, 0.717) is 0 Å². The molecule has 8 aromatic rings. The number of hydrogen-bond acceptors (Lipinski definition) is 0. The van der Waals surface area contributed by atoms with Crippen molar-refractivity contribution in [1.82, 2.24) is 0 Å². The molecule has 0 aromatic heterocycles. The molecule has 8 aromatic carbocycles. The highest BCUT2D eigenvalue weighted by Crippen LogP contribution is 2.46. The van der Waals surface area contributed by atoms with E-state index in [9.17, 15) is 0 Å². The highest BCUT2D eigenvalue weighted by atomic mass is 28.3. The summed E-state index contributed by atoms with van der Waals surface area (Å²) >= 11 is 0. The zero-order chi connectivity index (χ0) is 31.5. The maximum Gasteiger partial charge on any atom is 0.113 e. The van der Waals surface area contributed by atoms with Crippen LogP contribution in [0.1, 0.15) is 0 Å². The molecule has 9 rings (SSSR count). The van der Waals surface area contributed by atoms with Gasteiger partial charge in [-0.2, -0.15) is 0 Å². The molecule has 0 fully saturated rings. The average Bonchev–Trinajstić information content (AvgIpc) is 3.35. The molecule has 0 atom stereocenters. The third-order valence-electron chi connectivity index (χ3n) is 10.3. The summed E-state index contributed by atoms with van der Waals surface area (Å²) in [6.07, 6.45) is 0. The summed E-state index contributed by atoms with van der Waals surface area (Å²) in [5.41, 5.74) is 13.0. The Kier molecular flexibility index (Phi) is 6.38. The van der Waals surface area contributed by atoms with Gasteiger partial charge in [0.05, 0.1) is 0 Å². The van der Waals surface area contributed by atoms with Crippen LogP contribution in [0.5, 0.6) is 0 Å². The van der Waals surface area contributed by atoms with Gasteiger partial charge in [0.1, 0.15) is 8.07 Å². The molecule has 0 radical (unpaired) electrons. The van der Waals surface area contributed by atoms with E-state index in [-0.39, 0.29) is 0 Å². The highest BCUT2D eigenvalue weighted by Gasteiger charge is 2.38. The maximum absolute atomic E-state index is 2.59. The summed E-state index contributed by atoms with van der Waals surface area (Å²) in [6.45, 7) is 5.07. The normalized spacial score (nSPS) is 13.1. The van der Waals surface area contributed by atoms with Crippen LogP contribution in [0.15, 0.2) is 170 Å². The zero-order valence-electron chi connectivity index (χ0n) is 26.7. The van der Waals surface area contributed by atoms with Gasteiger partial charge in [0.25, 0.3) is 0 Å². The first-order valence-corrected chi connectivity index (χ1v) is 19.5. The van der Waals surface area contributed by atoms with E-state index in [0.717, 1.165) is 0 Å². The van der Waals surface area contributed by atoms with Gasteiger partial charge in [-0.15, -0.1) is 0 Å². The Hall–Kier alpha value is -5.50. The van der Waals surface area contributed by atoms with Crippen molar-refractivity contribution in [2.75, 3.05) is 0 Å². The van der Waals surface area contributed by atoms with Crippen molar-refractivity contribution in [3.63, 3.8) is 0 Å². The van der Waals surface area contributed by atoms with Crippen LogP contribution in [0.2, 0.25) is 13.1 Å². The predicted molar refractivity (Wildman–Crippen MR) is 205 cm³/mol. The lowest BCUT2D eigenvalue weighted by atomic mass is 9.84. The molecule has 1 aliphatic rings. The summed E-state index contributed by atoms with van der Waals surface area (Å²) in [6, 6.07) is 63.0. The Morgan fingerprint density at radius 2 is 0.723 bits per heavy atom. The second-order valence-electron chi connectivity index (χ2n) is 13.3. The van der Waals surface area contributed by atoms with Gasteiger partial charge in [-0.25, -0.2) is 0 Å². The summed E-state index contributed by atoms with van der Waals surface area (Å²) in [4.78, 5) is 0. The molecule has 0 saturated heterocycles. The lowest BCUT2D eigenvalue weighted by molar-refractivity contribution is 1.63. The average molecular weight is 615 g/mol. The van der Waals surface area contributed by atoms with Gasteiger partial charge in [0.15, 0.2) is 0 Å². The molecule has 1 heterocycles. The van der Waals surface area contributed by atoms with Crippen molar-refractivity contribution < 1.29 is 0 Å². The molecule has 0 unspecified atom stereocenters. The molecule has 1 heteroatoms. The Balaban J connectivity index is 1.40. The van der Waals surface area contributed by atoms with Crippen molar-refractivity contribution in [1.29, 1.82) is 0 Å². The van der Waals surface area contributed by atoms with Crippen molar-refractivity contribution in [3.05, 3.63) is 170 Å². The Morgan fingerprint density at radius 3 is 1.30 bits per heavy atom. The van der Waals surface area contributed by atoms with E-state index in [1.165, 1.54) is 87.6 Å². The third-order valence-corrected chi connectivity index (χ3v) is 13.8. The number of benzene rings is 8. The topological polar surface area (TPSA) is 0 Å². The van der Waals surface area contributed by atoms with Gasteiger partial charge in [-0.3, -0.25) is 0 Å². The molecular formula is C46H34Si. The van der Waals surface area contributed by atoms with Crippen LogP contribution in [-0.2, 0) is 0 Å². The minimum absolute atomic E-state index is 1.24. The molecule has 1 aliphatic heterocycles. The highest BCUT2D eigenvalue weighted by molar-refractivity contribution is 7.04. The fourth-order valence-corrected chi connectivity index (χ4v) is 11.0. The molecule has 0 saturated carbocycles. The van der Waals surface area contributed by atoms with Crippen LogP contribution in [-0.4, -0.2) is 8.07 Å². The largest absolute Gasteiger partial charge is 0.113 e. The van der Waals surface area contributed by atoms with Crippen molar-refractivity contribution in [2.45, 2.75) is 13.1 Å². The van der Waals surface area contributed by atoms with Gasteiger partial charge in [0.2, 0.25) is 0 Å². The molecule has 0 amide bonds. The van der Waals surface area contributed by atoms with E-state index in [1.807, 2.05) is 0 Å². The molecule has 47 heavy (non-hydrogen) atoms. The second kappa shape index (κ2) is 10.8. The van der Waals surface area contributed by atoms with E-state index < -0.39 is 8.07 Å². The third kappa shape index (κ3) is 4.42. The first-order chi connectivity index (χ1) is 23.1. The van der Waals surface area contributed by atoms with Gasteiger partial charge >= 0.3 is 0 Å². The van der Waals surface area contributed by atoms with Crippen LogP contribution in [0, 0.1) is 0 Å². The van der Waals surface area contributed by atoms with Gasteiger partial charge < -0.3 is 0 Å². The van der Waals surface area contributed by atoms with Gasteiger partial charge in [-0.1, -0.05) is 171 Å². The fourth-order valence-electron chi connectivity index (χ4n) is 7.91. The quantitative estimate of drug-likeness (QED) is 0.137. The monoisotopic (exact) mass is 614 g/mol. The van der Waals surface area contributed by atoms with E-state index in [4.69, 9.17) is 0 Å². The lowest BCUT2D eigenvalue weighted by Gasteiger charge is -2.23. The molecule has 0 nitrogen and oxygen atoms in total. The summed E-state index contributed by atoms with van der Waals surface area (Å²) in [5, 5.41) is 8.30. The molecule has 0 bridgehead atoms. The van der Waals surface area contributed by atoms with Crippen LogP contribution < -0.4 is 10.4 Å². The Bertz CT molecular complexity index is 2440. The predicted octanol–water partition coefficient (Wildman–Crippen LogP) is 11.5. The molecule has 0 N–H and O–H groups in total. The van der Waals surface area contributed by atoms with Crippen molar-refractivity contribution in [2.24, 2.45) is 0 Å². The van der Waals surface area contributed by atoms with Crippen molar-refractivity contribution >= 4 is 40.0 Å². The fraction of sp³-hybridized carbons (Fsp3) is 0.0435. The molecule has 0 spiro atoms. The number of hydrogen-bond donors (Lipinski definition) is 0. The van der Waals surface area contributed by atoms with Crippen molar-refractivity contribution in [3.8, 4) is 55.6 Å². The van der Waals surface area contributed by atoms with Crippen LogP contribution in [0.25, 0.3) is 77.2 Å². The van der Waals surface area contributed by atoms with Crippen LogP contribution >= 0.6 is 0 Å². The lowest BCUT2D eigenvalue weighted by Crippen LogP contribution is -2.49. The Morgan fingerprint density at radius 1 is 0.298 bits per heavy atom. The minimum Gasteiger partial charge on any atom is -0.0622 e. The van der Waals surface area contributed by atoms with Crippen LogP contribution in [0.3, 0.4) is 0 Å². The summed E-state index contributed by atoms with van der Waals surface area (Å²) in [5.74, 6) is 0. The summed E-state index contributed by atoms with van der Waals surface area (Å²) < 4.78 is 0. The maximum atomic E-state index is 2.59. The molecular weight excluding hydrogens is 581 g/mol. The van der Waals surface area contributed by atoms with E-state index in [1.54, 1.807) is 0 Å². The first kappa shape index (κ1) is 27.8. The first-order valence-electron chi connectivity index (χ1n) is 16.5. The van der Waals surface area contributed by atoms with Crippen LogP contribution in [0.4, 0.5) is 0 Å². The molecule has 222 valence electrons. The van der Waals surface area contributed by atoms with Gasteiger partial charge in [-0.05, 0) is 99.7 Å². The van der Waals surface area contributed by atoms with E-state index in [2.05, 4.69) is 183 Å². The SMILES string of the molecule is C[Si]1(C)c2cc(-c3ccccc3)ccc2-c2cc3c(-c4ccccc4)c4ccc(-c5ccccc5)cc4c(-c4ccccc4)c3cc21.